The minimum Gasteiger partial charge on any atom is -0.453 e. The second-order valence-electron chi connectivity index (χ2n) is 13.6. The lowest BCUT2D eigenvalue weighted by atomic mass is 10.1. The largest absolute Gasteiger partial charge is 0.453 e. The predicted octanol–water partition coefficient (Wildman–Crippen LogP) is 7.11. The Morgan fingerprint density at radius 3 is 1.60 bits per heavy atom. The van der Waals surface area contributed by atoms with E-state index in [-0.39, 0.29) is 12.1 Å². The summed E-state index contributed by atoms with van der Waals surface area (Å²) in [5.74, 6) is 1.43. The molecule has 4 aromatic carbocycles. The molecule has 2 saturated heterocycles. The number of carbonyl (C=O) groups excluding carboxylic acids is 2. The summed E-state index contributed by atoms with van der Waals surface area (Å²) in [4.78, 5) is 50.3. The van der Waals surface area contributed by atoms with Crippen molar-refractivity contribution in [1.82, 2.24) is 35.1 Å². The Bertz CT molecular complexity index is 2250. The topological polar surface area (TPSA) is 120 Å². The van der Waals surface area contributed by atoms with Crippen LogP contribution in [0.15, 0.2) is 109 Å². The van der Waals surface area contributed by atoms with Gasteiger partial charge in [0.15, 0.2) is 0 Å². The molecule has 0 atom stereocenters. The van der Waals surface area contributed by atoms with Crippen molar-refractivity contribution in [2.45, 2.75) is 19.8 Å². The number of amides is 3. The van der Waals surface area contributed by atoms with Crippen molar-refractivity contribution in [1.29, 1.82) is 0 Å². The van der Waals surface area contributed by atoms with Crippen molar-refractivity contribution < 1.29 is 14.3 Å². The maximum Gasteiger partial charge on any atom is 0.409 e. The molecule has 12 heteroatoms. The molecule has 55 heavy (non-hydrogen) atoms. The first-order chi connectivity index (χ1) is 27.0. The van der Waals surface area contributed by atoms with Gasteiger partial charge in [-0.25, -0.2) is 29.5 Å². The van der Waals surface area contributed by atoms with Crippen LogP contribution in [0.1, 0.15) is 19.8 Å². The van der Waals surface area contributed by atoms with Crippen molar-refractivity contribution in [3.8, 4) is 22.5 Å². The molecule has 0 unspecified atom stereocenters. The van der Waals surface area contributed by atoms with E-state index >= 15 is 0 Å². The van der Waals surface area contributed by atoms with E-state index in [1.165, 1.54) is 28.7 Å². The summed E-state index contributed by atoms with van der Waals surface area (Å²) in [6.07, 6.45) is 5.11. The highest BCUT2D eigenvalue weighted by Crippen LogP contribution is 2.26. The van der Waals surface area contributed by atoms with Crippen LogP contribution in [0.5, 0.6) is 0 Å². The molecule has 2 fully saturated rings. The lowest BCUT2D eigenvalue weighted by Crippen LogP contribution is -2.42. The summed E-state index contributed by atoms with van der Waals surface area (Å²) < 4.78 is 4.84. The zero-order chi connectivity index (χ0) is 38.0. The molecule has 2 aliphatic heterocycles. The van der Waals surface area contributed by atoms with Crippen LogP contribution in [0.3, 0.4) is 0 Å². The molecule has 2 aliphatic rings. The van der Waals surface area contributed by atoms with Crippen molar-refractivity contribution in [2.75, 3.05) is 75.8 Å². The molecule has 3 amide bonds. The SMILES string of the molecule is CCNC(=O)N1CCCN(c2nccc(-c3ccc4ccccc4c3)n2)CC1.COC(=O)N1CCCN(c2nccc(-c3ccc4ccccc4c3)n2)CC1. The van der Waals surface area contributed by atoms with Gasteiger partial charge in [-0.05, 0) is 65.6 Å². The smallest absolute Gasteiger partial charge is 0.409 e. The van der Waals surface area contributed by atoms with Gasteiger partial charge in [0, 0.05) is 82.4 Å². The van der Waals surface area contributed by atoms with Gasteiger partial charge >= 0.3 is 12.1 Å². The molecule has 4 heterocycles. The zero-order valence-corrected chi connectivity index (χ0v) is 31.5. The Balaban J connectivity index is 0.000000169. The Hall–Kier alpha value is -6.30. The van der Waals surface area contributed by atoms with Crippen molar-refractivity contribution in [3.05, 3.63) is 109 Å². The summed E-state index contributed by atoms with van der Waals surface area (Å²) in [5.41, 5.74) is 3.98. The fraction of sp³-hybridized carbons (Fsp3) is 0.302. The summed E-state index contributed by atoms with van der Waals surface area (Å²) >= 11 is 0. The summed E-state index contributed by atoms with van der Waals surface area (Å²) in [7, 11) is 1.42. The Morgan fingerprint density at radius 2 is 1.09 bits per heavy atom. The molecule has 2 aromatic heterocycles. The number of urea groups is 1. The Labute approximate surface area is 321 Å². The van der Waals surface area contributed by atoms with Crippen LogP contribution in [-0.4, -0.2) is 108 Å². The number of rotatable bonds is 5. The number of hydrogen-bond acceptors (Lipinski definition) is 9. The number of benzene rings is 4. The van der Waals surface area contributed by atoms with Crippen LogP contribution in [0.2, 0.25) is 0 Å². The monoisotopic (exact) mass is 737 g/mol. The van der Waals surface area contributed by atoms with Crippen molar-refractivity contribution in [3.63, 3.8) is 0 Å². The van der Waals surface area contributed by atoms with Gasteiger partial charge in [-0.3, -0.25) is 0 Å². The van der Waals surface area contributed by atoms with Gasteiger partial charge in [0.05, 0.1) is 18.5 Å². The quantitative estimate of drug-likeness (QED) is 0.197. The third-order valence-corrected chi connectivity index (χ3v) is 9.98. The molecule has 0 aliphatic carbocycles. The average Bonchev–Trinajstić information content (AvgIpc) is 3.66. The standard InChI is InChI=1S/C22H25N5O.C21H22N4O2/c1-2-23-22(28)27-13-5-12-26(14-15-27)21-24-11-10-20(25-21)19-9-8-17-6-3-4-7-18(17)16-19;1-27-21(26)25-12-4-11-24(13-14-25)20-22-10-9-19(23-20)18-8-7-16-5-2-3-6-17(16)15-18/h3-4,6-11,16H,2,5,12-15H2,1H3,(H,23,28);2-3,5-10,15H,4,11-14H2,1H3. The molecule has 6 aromatic rings. The normalized spacial score (nSPS) is 14.8. The van der Waals surface area contributed by atoms with Crippen LogP contribution < -0.4 is 15.1 Å². The van der Waals surface area contributed by atoms with Gasteiger partial charge in [-0.2, -0.15) is 0 Å². The van der Waals surface area contributed by atoms with E-state index in [4.69, 9.17) is 14.7 Å². The van der Waals surface area contributed by atoms with Crippen molar-refractivity contribution in [2.24, 2.45) is 0 Å². The third kappa shape index (κ3) is 9.09. The molecule has 12 nitrogen and oxygen atoms in total. The average molecular weight is 738 g/mol. The first-order valence-corrected chi connectivity index (χ1v) is 19.0. The van der Waals surface area contributed by atoms with Gasteiger partial charge in [0.1, 0.15) is 0 Å². The number of methoxy groups -OCH3 is 1. The molecule has 0 radical (unpaired) electrons. The minimum atomic E-state index is -0.275. The predicted molar refractivity (Wildman–Crippen MR) is 218 cm³/mol. The number of anilines is 2. The number of aromatic nitrogens is 4. The summed E-state index contributed by atoms with van der Waals surface area (Å²) in [6, 6.07) is 33.3. The van der Waals surface area contributed by atoms with Crippen molar-refractivity contribution >= 4 is 45.6 Å². The molecule has 8 rings (SSSR count). The van der Waals surface area contributed by atoms with E-state index < -0.39 is 0 Å². The zero-order valence-electron chi connectivity index (χ0n) is 31.5. The first-order valence-electron chi connectivity index (χ1n) is 19.0. The molecule has 1 N–H and O–H groups in total. The molecule has 0 spiro atoms. The molecular weight excluding hydrogens is 691 g/mol. The van der Waals surface area contributed by atoms with E-state index in [0.717, 1.165) is 67.5 Å². The third-order valence-electron chi connectivity index (χ3n) is 9.98. The van der Waals surface area contributed by atoms with Crippen LogP contribution in [0.25, 0.3) is 44.1 Å². The minimum absolute atomic E-state index is 0.00943. The highest BCUT2D eigenvalue weighted by Gasteiger charge is 2.22. The number of hydrogen-bond donors (Lipinski definition) is 1. The number of nitrogens with one attached hydrogen (secondary N) is 1. The van der Waals surface area contributed by atoms with E-state index in [9.17, 15) is 9.59 Å². The van der Waals surface area contributed by atoms with Crippen LogP contribution in [0, 0.1) is 0 Å². The number of carbonyl (C=O) groups is 2. The van der Waals surface area contributed by atoms with E-state index in [1.54, 1.807) is 11.1 Å². The molecule has 282 valence electrons. The fourth-order valence-electron chi connectivity index (χ4n) is 7.03. The Morgan fingerprint density at radius 1 is 0.600 bits per heavy atom. The number of fused-ring (bicyclic) bond motifs is 2. The van der Waals surface area contributed by atoms with Crippen LogP contribution >= 0.6 is 0 Å². The molecule has 0 saturated carbocycles. The maximum absolute atomic E-state index is 12.1. The van der Waals surface area contributed by atoms with Crippen LogP contribution in [0.4, 0.5) is 21.5 Å². The lowest BCUT2D eigenvalue weighted by molar-refractivity contribution is 0.126. The summed E-state index contributed by atoms with van der Waals surface area (Å²) in [5, 5.41) is 7.71. The maximum atomic E-state index is 12.1. The van der Waals surface area contributed by atoms with Gasteiger partial charge in [-0.1, -0.05) is 72.8 Å². The number of nitrogens with zero attached hydrogens (tertiary/aromatic N) is 8. The summed E-state index contributed by atoms with van der Waals surface area (Å²) in [6.45, 7) is 8.40. The highest BCUT2D eigenvalue weighted by molar-refractivity contribution is 5.87. The van der Waals surface area contributed by atoms with Gasteiger partial charge < -0.3 is 29.7 Å². The van der Waals surface area contributed by atoms with E-state index in [0.29, 0.717) is 38.7 Å². The van der Waals surface area contributed by atoms with Gasteiger partial charge in [0.2, 0.25) is 11.9 Å². The molecule has 0 bridgehead atoms. The number of ether oxygens (including phenoxy) is 1. The fourth-order valence-corrected chi connectivity index (χ4v) is 7.03. The van der Waals surface area contributed by atoms with Gasteiger partial charge in [-0.15, -0.1) is 0 Å². The van der Waals surface area contributed by atoms with E-state index in [1.807, 2.05) is 48.4 Å². The Kier molecular flexibility index (Phi) is 11.9. The highest BCUT2D eigenvalue weighted by atomic mass is 16.5. The lowest BCUT2D eigenvalue weighted by Gasteiger charge is -2.22. The van der Waals surface area contributed by atoms with E-state index in [2.05, 4.69) is 91.8 Å². The first kappa shape index (κ1) is 37.0. The second kappa shape index (κ2) is 17.7. The molecular formula is C43H47N9O3. The van der Waals surface area contributed by atoms with Gasteiger partial charge in [0.25, 0.3) is 0 Å². The van der Waals surface area contributed by atoms with Crippen LogP contribution in [-0.2, 0) is 4.74 Å². The second-order valence-corrected chi connectivity index (χ2v) is 13.6.